The molecule has 3 rings (SSSR count). The summed E-state index contributed by atoms with van der Waals surface area (Å²) in [4.78, 5) is 32.2. The Morgan fingerprint density at radius 1 is 1.16 bits per heavy atom. The molecule has 8 heteroatoms. The largest absolute Gasteiger partial charge is 0.347 e. The van der Waals surface area contributed by atoms with Crippen LogP contribution in [0.25, 0.3) is 10.7 Å². The van der Waals surface area contributed by atoms with Gasteiger partial charge in [0.2, 0.25) is 0 Å². The molecule has 0 saturated heterocycles. The number of hydroxylamine groups is 1. The fraction of sp³-hybridized carbons (Fsp3) is 0.118. The molecule has 2 amide bonds. The van der Waals surface area contributed by atoms with Crippen molar-refractivity contribution in [1.82, 2.24) is 20.8 Å². The Kier molecular flexibility index (Phi) is 4.92. The van der Waals surface area contributed by atoms with E-state index in [1.54, 1.807) is 24.5 Å². The maximum absolute atomic E-state index is 12.4. The topological polar surface area (TPSA) is 107 Å². The van der Waals surface area contributed by atoms with Crippen LogP contribution in [0.3, 0.4) is 0 Å². The zero-order chi connectivity index (χ0) is 17.8. The van der Waals surface area contributed by atoms with Gasteiger partial charge in [-0.15, -0.1) is 11.3 Å². The first kappa shape index (κ1) is 16.9. The number of benzene rings is 1. The predicted molar refractivity (Wildman–Crippen MR) is 93.5 cm³/mol. The number of hydrogen-bond donors (Lipinski definition) is 4. The van der Waals surface area contributed by atoms with E-state index < -0.39 is 5.91 Å². The Labute approximate surface area is 147 Å². The third kappa shape index (κ3) is 3.76. The second kappa shape index (κ2) is 7.29. The van der Waals surface area contributed by atoms with Gasteiger partial charge in [0.15, 0.2) is 0 Å². The molecule has 128 valence electrons. The van der Waals surface area contributed by atoms with Gasteiger partial charge in [-0.2, -0.15) is 0 Å². The van der Waals surface area contributed by atoms with Crippen molar-refractivity contribution in [2.75, 3.05) is 0 Å². The van der Waals surface area contributed by atoms with Gasteiger partial charge in [-0.3, -0.25) is 14.8 Å². The molecule has 0 aliphatic heterocycles. The van der Waals surface area contributed by atoms with Crippen LogP contribution in [-0.4, -0.2) is 27.0 Å². The molecule has 0 unspecified atom stereocenters. The number of rotatable bonds is 5. The summed E-state index contributed by atoms with van der Waals surface area (Å²) in [7, 11) is 0. The Morgan fingerprint density at radius 2 is 1.92 bits per heavy atom. The fourth-order valence-corrected chi connectivity index (χ4v) is 3.14. The molecule has 3 aromatic rings. The van der Waals surface area contributed by atoms with Crippen LogP contribution in [-0.2, 0) is 6.54 Å². The molecule has 0 aliphatic carbocycles. The van der Waals surface area contributed by atoms with Crippen LogP contribution in [0.1, 0.15) is 31.4 Å². The van der Waals surface area contributed by atoms with Crippen LogP contribution in [0.2, 0.25) is 0 Å². The van der Waals surface area contributed by atoms with Crippen LogP contribution in [0.15, 0.2) is 42.5 Å². The van der Waals surface area contributed by atoms with Gasteiger partial charge in [-0.1, -0.05) is 30.3 Å². The van der Waals surface area contributed by atoms with E-state index in [4.69, 9.17) is 5.21 Å². The van der Waals surface area contributed by atoms with E-state index in [0.29, 0.717) is 33.5 Å². The summed E-state index contributed by atoms with van der Waals surface area (Å²) >= 11 is 1.17. The smallest absolute Gasteiger partial charge is 0.284 e. The Hall–Kier alpha value is -2.97. The second-order valence-corrected chi connectivity index (χ2v) is 6.42. The van der Waals surface area contributed by atoms with Crippen LogP contribution in [0.5, 0.6) is 0 Å². The molecule has 0 atom stereocenters. The number of thiophene rings is 1. The van der Waals surface area contributed by atoms with Gasteiger partial charge < -0.3 is 10.3 Å². The molecule has 0 aliphatic rings. The lowest BCUT2D eigenvalue weighted by molar-refractivity contribution is 0.0711. The highest BCUT2D eigenvalue weighted by Crippen LogP contribution is 2.26. The molecule has 2 heterocycles. The molecule has 7 nitrogen and oxygen atoms in total. The van der Waals surface area contributed by atoms with Gasteiger partial charge in [-0.05, 0) is 24.6 Å². The molecule has 0 radical (unpaired) electrons. The normalized spacial score (nSPS) is 10.5. The van der Waals surface area contributed by atoms with Gasteiger partial charge in [0, 0.05) is 12.2 Å². The van der Waals surface area contributed by atoms with E-state index in [9.17, 15) is 9.59 Å². The van der Waals surface area contributed by atoms with Gasteiger partial charge in [-0.25, -0.2) is 10.5 Å². The van der Waals surface area contributed by atoms with Crippen LogP contribution in [0, 0.1) is 6.92 Å². The van der Waals surface area contributed by atoms with Gasteiger partial charge in [0.05, 0.1) is 9.75 Å². The first-order valence-corrected chi connectivity index (χ1v) is 8.33. The molecular formula is C17H16N4O3S. The van der Waals surface area contributed by atoms with E-state index in [1.165, 1.54) is 11.3 Å². The molecule has 0 spiro atoms. The molecule has 2 aromatic heterocycles. The summed E-state index contributed by atoms with van der Waals surface area (Å²) in [5.74, 6) is -0.349. The van der Waals surface area contributed by atoms with Crippen LogP contribution < -0.4 is 10.8 Å². The highest BCUT2D eigenvalue weighted by molar-refractivity contribution is 7.17. The summed E-state index contributed by atoms with van der Waals surface area (Å²) in [5.41, 5.74) is 3.55. The first-order valence-electron chi connectivity index (χ1n) is 7.52. The Bertz CT molecular complexity index is 902. The maximum atomic E-state index is 12.4. The number of aromatic nitrogens is 2. The average Bonchev–Trinajstić information content (AvgIpc) is 3.26. The molecule has 0 fully saturated rings. The minimum Gasteiger partial charge on any atom is -0.347 e. The number of imidazole rings is 1. The average molecular weight is 356 g/mol. The van der Waals surface area contributed by atoms with Crippen LogP contribution in [0.4, 0.5) is 0 Å². The number of carbonyl (C=O) groups excluding carboxylic acids is 2. The third-order valence-electron chi connectivity index (χ3n) is 3.56. The third-order valence-corrected chi connectivity index (χ3v) is 4.65. The molecule has 0 bridgehead atoms. The summed E-state index contributed by atoms with van der Waals surface area (Å²) in [5, 5.41) is 11.5. The lowest BCUT2D eigenvalue weighted by Gasteiger charge is -2.03. The number of H-pyrrole nitrogens is 1. The number of carbonyl (C=O) groups is 2. The van der Waals surface area contributed by atoms with Crippen molar-refractivity contribution in [1.29, 1.82) is 0 Å². The van der Waals surface area contributed by atoms with Crippen molar-refractivity contribution in [3.05, 3.63) is 64.3 Å². The summed E-state index contributed by atoms with van der Waals surface area (Å²) in [6.07, 6.45) is 0. The standard InChI is InChI=1S/C17H16N4O3S/c1-10-14(17(23)18-9-11-5-3-2-4-6-11)20-15(19-10)12-7-8-13(25-12)16(22)21-24/h2-8,24H,9H2,1H3,(H,18,23)(H,19,20)(H,21,22). The zero-order valence-electron chi connectivity index (χ0n) is 13.4. The van der Waals surface area contributed by atoms with Crippen molar-refractivity contribution in [3.63, 3.8) is 0 Å². The molecule has 4 N–H and O–H groups in total. The van der Waals surface area contributed by atoms with Crippen molar-refractivity contribution >= 4 is 23.2 Å². The highest BCUT2D eigenvalue weighted by atomic mass is 32.1. The minimum atomic E-state index is -0.583. The number of amides is 2. The predicted octanol–water partition coefficient (Wildman–Crippen LogP) is 2.50. The second-order valence-electron chi connectivity index (χ2n) is 5.33. The van der Waals surface area contributed by atoms with E-state index in [-0.39, 0.29) is 5.91 Å². The van der Waals surface area contributed by atoms with Gasteiger partial charge in [0.1, 0.15) is 11.5 Å². The molecular weight excluding hydrogens is 340 g/mol. The van der Waals surface area contributed by atoms with E-state index in [2.05, 4.69) is 15.3 Å². The number of nitrogens with zero attached hydrogens (tertiary/aromatic N) is 1. The lowest BCUT2D eigenvalue weighted by atomic mass is 10.2. The molecule has 25 heavy (non-hydrogen) atoms. The minimum absolute atomic E-state index is 0.270. The fourth-order valence-electron chi connectivity index (χ4n) is 2.30. The van der Waals surface area contributed by atoms with Crippen molar-refractivity contribution < 1.29 is 14.8 Å². The maximum Gasteiger partial charge on any atom is 0.284 e. The number of aryl methyl sites for hydroxylation is 1. The number of nitrogens with one attached hydrogen (secondary N) is 3. The van der Waals surface area contributed by atoms with E-state index in [1.807, 2.05) is 30.3 Å². The summed E-state index contributed by atoms with van der Waals surface area (Å²) in [6, 6.07) is 12.9. The molecule has 1 aromatic carbocycles. The van der Waals surface area contributed by atoms with Crippen molar-refractivity contribution in [3.8, 4) is 10.7 Å². The van der Waals surface area contributed by atoms with Crippen LogP contribution >= 0.6 is 11.3 Å². The summed E-state index contributed by atoms with van der Waals surface area (Å²) in [6.45, 7) is 2.18. The van der Waals surface area contributed by atoms with Gasteiger partial charge in [0.25, 0.3) is 11.8 Å². The van der Waals surface area contributed by atoms with Gasteiger partial charge >= 0.3 is 0 Å². The van der Waals surface area contributed by atoms with Crippen molar-refractivity contribution in [2.45, 2.75) is 13.5 Å². The van der Waals surface area contributed by atoms with Crippen molar-refractivity contribution in [2.24, 2.45) is 0 Å². The Morgan fingerprint density at radius 3 is 2.64 bits per heavy atom. The van der Waals surface area contributed by atoms with E-state index in [0.717, 1.165) is 5.56 Å². The summed E-state index contributed by atoms with van der Waals surface area (Å²) < 4.78 is 0. The van der Waals surface area contributed by atoms with E-state index >= 15 is 0 Å². The monoisotopic (exact) mass is 356 g/mol. The first-order chi connectivity index (χ1) is 12.1. The number of aromatic amines is 1. The quantitative estimate of drug-likeness (QED) is 0.416. The lowest BCUT2D eigenvalue weighted by Crippen LogP contribution is -2.23. The Balaban J connectivity index is 1.74. The number of hydrogen-bond acceptors (Lipinski definition) is 5. The highest BCUT2D eigenvalue weighted by Gasteiger charge is 2.17. The SMILES string of the molecule is Cc1[nH]c(-c2ccc(C(=O)NO)s2)nc1C(=O)NCc1ccccc1. The molecule has 0 saturated carbocycles. The zero-order valence-corrected chi connectivity index (χ0v) is 14.2.